The zero-order chi connectivity index (χ0) is 24.6. The standard InChI is InChI=1S/C25H27ClN4O3S2/c1-34-19-12-8-17(9-13-19)27-25(32)30-21-5-3-2-4-20(21)29-24(31)22-15-35-23(28-22)14-33-18-10-6-16(26)7-11-18/h6-13,15,20-21H,2-5,14H2,1H3,(H,29,31)(H2,27,30,32). The van der Waals surface area contributed by atoms with Crippen LogP contribution in [0.1, 0.15) is 41.2 Å². The third kappa shape index (κ3) is 7.37. The van der Waals surface area contributed by atoms with E-state index in [0.717, 1.165) is 36.3 Å². The number of nitrogens with one attached hydrogen (secondary N) is 3. The lowest BCUT2D eigenvalue weighted by Gasteiger charge is -2.32. The van der Waals surface area contributed by atoms with E-state index in [4.69, 9.17) is 16.3 Å². The number of rotatable bonds is 8. The minimum atomic E-state index is -0.275. The van der Waals surface area contributed by atoms with Crippen molar-refractivity contribution in [3.63, 3.8) is 0 Å². The van der Waals surface area contributed by atoms with Crippen LogP contribution in [0.4, 0.5) is 10.5 Å². The largest absolute Gasteiger partial charge is 0.486 e. The van der Waals surface area contributed by atoms with E-state index in [2.05, 4.69) is 20.9 Å². The average molecular weight is 531 g/mol. The molecule has 0 radical (unpaired) electrons. The van der Waals surface area contributed by atoms with Gasteiger partial charge in [-0.3, -0.25) is 4.79 Å². The van der Waals surface area contributed by atoms with Gasteiger partial charge in [0.2, 0.25) is 0 Å². The van der Waals surface area contributed by atoms with Gasteiger partial charge in [-0.1, -0.05) is 24.4 Å². The number of thiazole rings is 1. The van der Waals surface area contributed by atoms with Gasteiger partial charge in [-0.05, 0) is 67.6 Å². The topological polar surface area (TPSA) is 92.4 Å². The van der Waals surface area contributed by atoms with Crippen LogP contribution < -0.4 is 20.7 Å². The van der Waals surface area contributed by atoms with Crippen molar-refractivity contribution in [3.05, 3.63) is 69.6 Å². The fraction of sp³-hybridized carbons (Fsp3) is 0.320. The first-order valence-electron chi connectivity index (χ1n) is 11.4. The Bertz CT molecular complexity index is 1140. The number of urea groups is 1. The van der Waals surface area contributed by atoms with Crippen molar-refractivity contribution >= 4 is 52.3 Å². The van der Waals surface area contributed by atoms with Gasteiger partial charge in [0.15, 0.2) is 0 Å². The fourth-order valence-electron chi connectivity index (χ4n) is 3.89. The first kappa shape index (κ1) is 25.3. The summed E-state index contributed by atoms with van der Waals surface area (Å²) in [5.74, 6) is 0.441. The number of halogens is 1. The second-order valence-electron chi connectivity index (χ2n) is 8.17. The van der Waals surface area contributed by atoms with Crippen molar-refractivity contribution < 1.29 is 14.3 Å². The molecule has 2 atom stereocenters. The molecule has 0 spiro atoms. The monoisotopic (exact) mass is 530 g/mol. The normalized spacial score (nSPS) is 17.4. The minimum Gasteiger partial charge on any atom is -0.486 e. The summed E-state index contributed by atoms with van der Waals surface area (Å²) in [6.07, 6.45) is 5.62. The molecule has 2 aromatic carbocycles. The molecule has 4 rings (SSSR count). The summed E-state index contributed by atoms with van der Waals surface area (Å²) >= 11 is 8.92. The number of carbonyl (C=O) groups is 2. The zero-order valence-corrected chi connectivity index (χ0v) is 21.6. The molecule has 184 valence electrons. The highest BCUT2D eigenvalue weighted by Gasteiger charge is 2.28. The summed E-state index contributed by atoms with van der Waals surface area (Å²) in [7, 11) is 0. The van der Waals surface area contributed by atoms with Crippen LogP contribution in [0.25, 0.3) is 0 Å². The molecule has 0 bridgehead atoms. The molecule has 0 saturated heterocycles. The van der Waals surface area contributed by atoms with Crippen LogP contribution in [-0.2, 0) is 6.61 Å². The Hall–Kier alpha value is -2.75. The van der Waals surface area contributed by atoms with Gasteiger partial charge < -0.3 is 20.7 Å². The van der Waals surface area contributed by atoms with Crippen LogP contribution in [0.2, 0.25) is 5.02 Å². The Kier molecular flexibility index (Phi) is 8.90. The SMILES string of the molecule is CSc1ccc(NC(=O)NC2CCCCC2NC(=O)c2csc(COc3ccc(Cl)cc3)n2)cc1. The van der Waals surface area contributed by atoms with Crippen LogP contribution in [0.15, 0.2) is 58.8 Å². The lowest BCUT2D eigenvalue weighted by atomic mass is 9.90. The van der Waals surface area contributed by atoms with E-state index in [1.54, 1.807) is 41.4 Å². The van der Waals surface area contributed by atoms with E-state index in [1.807, 2.05) is 30.5 Å². The summed E-state index contributed by atoms with van der Waals surface area (Å²) in [4.78, 5) is 31.0. The number of hydrogen-bond acceptors (Lipinski definition) is 6. The number of amides is 3. The maximum Gasteiger partial charge on any atom is 0.319 e. The van der Waals surface area contributed by atoms with E-state index in [9.17, 15) is 9.59 Å². The molecule has 7 nitrogen and oxygen atoms in total. The van der Waals surface area contributed by atoms with Crippen molar-refractivity contribution in [2.24, 2.45) is 0 Å². The molecule has 3 N–H and O–H groups in total. The van der Waals surface area contributed by atoms with E-state index >= 15 is 0 Å². The van der Waals surface area contributed by atoms with Gasteiger partial charge in [0, 0.05) is 27.0 Å². The molecule has 1 aromatic heterocycles. The van der Waals surface area contributed by atoms with Gasteiger partial charge in [-0.25, -0.2) is 9.78 Å². The molecule has 1 saturated carbocycles. The fourth-order valence-corrected chi connectivity index (χ4v) is 5.11. The van der Waals surface area contributed by atoms with Crippen LogP contribution in [0.5, 0.6) is 5.75 Å². The molecular weight excluding hydrogens is 504 g/mol. The highest BCUT2D eigenvalue weighted by atomic mass is 35.5. The minimum absolute atomic E-state index is 0.149. The number of carbonyl (C=O) groups excluding carboxylic acids is 2. The molecule has 10 heteroatoms. The Morgan fingerprint density at radius 1 is 1.06 bits per heavy atom. The molecule has 1 aliphatic rings. The van der Waals surface area contributed by atoms with Crippen LogP contribution in [0, 0.1) is 0 Å². The summed E-state index contributed by atoms with van der Waals surface area (Å²) in [6.45, 7) is 0.269. The number of anilines is 1. The molecule has 1 aliphatic carbocycles. The van der Waals surface area contributed by atoms with Gasteiger partial charge in [0.05, 0.1) is 6.04 Å². The quantitative estimate of drug-likeness (QED) is 0.312. The summed E-state index contributed by atoms with van der Waals surface area (Å²) in [6, 6.07) is 14.2. The third-order valence-electron chi connectivity index (χ3n) is 5.71. The van der Waals surface area contributed by atoms with E-state index < -0.39 is 0 Å². The Morgan fingerprint density at radius 3 is 2.43 bits per heavy atom. The maximum atomic E-state index is 12.9. The van der Waals surface area contributed by atoms with Crippen molar-refractivity contribution in [1.82, 2.24) is 15.6 Å². The predicted molar refractivity (Wildman–Crippen MR) is 142 cm³/mol. The second-order valence-corrected chi connectivity index (χ2v) is 10.4. The number of thioether (sulfide) groups is 1. The Morgan fingerprint density at radius 2 is 1.74 bits per heavy atom. The molecule has 1 fully saturated rings. The van der Waals surface area contributed by atoms with Crippen LogP contribution >= 0.6 is 34.7 Å². The molecule has 2 unspecified atom stereocenters. The first-order valence-corrected chi connectivity index (χ1v) is 13.8. The highest BCUT2D eigenvalue weighted by Crippen LogP contribution is 2.22. The highest BCUT2D eigenvalue weighted by molar-refractivity contribution is 7.98. The number of nitrogens with zero attached hydrogens (tertiary/aromatic N) is 1. The van der Waals surface area contributed by atoms with Crippen molar-refractivity contribution in [2.75, 3.05) is 11.6 Å². The first-order chi connectivity index (χ1) is 17.0. The number of benzene rings is 2. The van der Waals surface area contributed by atoms with Crippen molar-refractivity contribution in [1.29, 1.82) is 0 Å². The molecule has 3 amide bonds. The van der Waals surface area contributed by atoms with Gasteiger partial charge in [0.25, 0.3) is 5.91 Å². The van der Waals surface area contributed by atoms with Crippen LogP contribution in [-0.4, -0.2) is 35.3 Å². The van der Waals surface area contributed by atoms with Gasteiger partial charge in [-0.15, -0.1) is 23.1 Å². The zero-order valence-electron chi connectivity index (χ0n) is 19.3. The van der Waals surface area contributed by atoms with Gasteiger partial charge >= 0.3 is 6.03 Å². The van der Waals surface area contributed by atoms with E-state index in [1.165, 1.54) is 11.3 Å². The second kappa shape index (κ2) is 12.3. The molecular formula is C25H27ClN4O3S2. The van der Waals surface area contributed by atoms with Gasteiger partial charge in [0.1, 0.15) is 23.1 Å². The van der Waals surface area contributed by atoms with Crippen molar-refractivity contribution in [3.8, 4) is 5.75 Å². The molecule has 0 aliphatic heterocycles. The summed E-state index contributed by atoms with van der Waals surface area (Å²) in [5.41, 5.74) is 1.08. The Labute approximate surface area is 218 Å². The smallest absolute Gasteiger partial charge is 0.319 e. The maximum absolute atomic E-state index is 12.9. The number of hydrogen-bond donors (Lipinski definition) is 3. The average Bonchev–Trinajstić information content (AvgIpc) is 3.35. The van der Waals surface area contributed by atoms with Crippen LogP contribution in [0.3, 0.4) is 0 Å². The number of ether oxygens (including phenoxy) is 1. The van der Waals surface area contributed by atoms with Gasteiger partial charge in [-0.2, -0.15) is 0 Å². The summed E-state index contributed by atoms with van der Waals surface area (Å²) in [5, 5.41) is 12.1. The number of aromatic nitrogens is 1. The lowest BCUT2D eigenvalue weighted by Crippen LogP contribution is -2.54. The Balaban J connectivity index is 1.29. The molecule has 1 heterocycles. The van der Waals surface area contributed by atoms with Crippen molar-refractivity contribution in [2.45, 2.75) is 49.3 Å². The molecule has 35 heavy (non-hydrogen) atoms. The van der Waals surface area contributed by atoms with E-state index in [0.29, 0.717) is 21.5 Å². The lowest BCUT2D eigenvalue weighted by molar-refractivity contribution is 0.0911. The summed E-state index contributed by atoms with van der Waals surface area (Å²) < 4.78 is 5.71. The van der Waals surface area contributed by atoms with E-state index in [-0.39, 0.29) is 30.6 Å². The predicted octanol–water partition coefficient (Wildman–Crippen LogP) is 5.96. The third-order valence-corrected chi connectivity index (χ3v) is 7.53. The molecule has 3 aromatic rings.